The number of aliphatic hydroxyl groups is 3. The molecule has 0 bridgehead atoms. The van der Waals surface area contributed by atoms with Crippen molar-refractivity contribution < 1.29 is 24.8 Å². The van der Waals surface area contributed by atoms with E-state index < -0.39 is 29.1 Å². The third-order valence-electron chi connectivity index (χ3n) is 7.28. The molecule has 1 saturated carbocycles. The second kappa shape index (κ2) is 8.95. The maximum absolute atomic E-state index is 12.6. The zero-order valence-corrected chi connectivity index (χ0v) is 19.3. The lowest BCUT2D eigenvalue weighted by molar-refractivity contribution is -0.152. The molecule has 1 fully saturated rings. The molecule has 0 saturated heterocycles. The number of hydrogen-bond acceptors (Lipinski definition) is 8. The number of hydrogen-bond donors (Lipinski definition) is 4. The van der Waals surface area contributed by atoms with Crippen LogP contribution in [0.3, 0.4) is 0 Å². The largest absolute Gasteiger partial charge is 0.495 e. The minimum absolute atomic E-state index is 0.0529. The van der Waals surface area contributed by atoms with Crippen LogP contribution in [0.2, 0.25) is 0 Å². The monoisotopic (exact) mass is 473 g/mol. The molecule has 35 heavy (non-hydrogen) atoms. The summed E-state index contributed by atoms with van der Waals surface area (Å²) < 4.78 is 12.3. The maximum atomic E-state index is 12.6. The number of nitrogens with zero attached hydrogens (tertiary/aromatic N) is 2. The lowest BCUT2D eigenvalue weighted by Gasteiger charge is -2.41. The Bertz CT molecular complexity index is 1250. The highest BCUT2D eigenvalue weighted by atomic mass is 16.5. The molecule has 1 aliphatic carbocycles. The summed E-state index contributed by atoms with van der Waals surface area (Å²) >= 11 is 0. The third kappa shape index (κ3) is 3.24. The summed E-state index contributed by atoms with van der Waals surface area (Å²) in [6.45, 7) is 0.619. The second-order valence-corrected chi connectivity index (χ2v) is 8.93. The van der Waals surface area contributed by atoms with E-state index in [1.807, 2.05) is 30.3 Å². The number of aliphatic hydroxyl groups excluding tert-OH is 2. The molecule has 1 aliphatic heterocycles. The SMILES string of the molecule is COc1cncc2c1[C@]1(O)[C@H](O)C(CNCCO)C(c3ccccc3)[C@]1(c1ccc(C#N)cc1)O2. The van der Waals surface area contributed by atoms with Gasteiger partial charge in [-0.05, 0) is 23.3 Å². The summed E-state index contributed by atoms with van der Waals surface area (Å²) in [6.07, 6.45) is 1.76. The molecule has 0 amide bonds. The van der Waals surface area contributed by atoms with E-state index in [0.717, 1.165) is 5.56 Å². The summed E-state index contributed by atoms with van der Waals surface area (Å²) in [5, 5.41) is 46.4. The lowest BCUT2D eigenvalue weighted by atomic mass is 9.70. The van der Waals surface area contributed by atoms with Gasteiger partial charge in [-0.25, -0.2) is 0 Å². The van der Waals surface area contributed by atoms with Crippen molar-refractivity contribution in [1.82, 2.24) is 10.3 Å². The van der Waals surface area contributed by atoms with Gasteiger partial charge in [0.05, 0.1) is 49.4 Å². The summed E-state index contributed by atoms with van der Waals surface area (Å²) in [7, 11) is 1.48. The predicted molar refractivity (Wildman–Crippen MR) is 127 cm³/mol. The van der Waals surface area contributed by atoms with E-state index in [9.17, 15) is 20.6 Å². The topological polar surface area (TPSA) is 128 Å². The Morgan fingerprint density at radius 1 is 1.14 bits per heavy atom. The van der Waals surface area contributed by atoms with Gasteiger partial charge in [-0.3, -0.25) is 4.98 Å². The number of benzene rings is 2. The van der Waals surface area contributed by atoms with Crippen LogP contribution in [-0.2, 0) is 11.2 Å². The Kier molecular flexibility index (Phi) is 5.95. The van der Waals surface area contributed by atoms with E-state index in [1.165, 1.54) is 19.5 Å². The molecule has 2 aliphatic rings. The summed E-state index contributed by atoms with van der Waals surface area (Å²) in [5.41, 5.74) is -1.02. The molecular weight excluding hydrogens is 446 g/mol. The van der Waals surface area contributed by atoms with Crippen LogP contribution in [0.5, 0.6) is 11.5 Å². The van der Waals surface area contributed by atoms with Crippen molar-refractivity contribution in [2.75, 3.05) is 26.8 Å². The molecule has 180 valence electrons. The number of rotatable bonds is 7. The molecule has 5 rings (SSSR count). The number of aromatic nitrogens is 1. The van der Waals surface area contributed by atoms with Crippen LogP contribution in [-0.4, -0.2) is 53.2 Å². The molecule has 2 unspecified atom stereocenters. The third-order valence-corrected chi connectivity index (χ3v) is 7.28. The maximum Gasteiger partial charge on any atom is 0.177 e. The Morgan fingerprint density at radius 3 is 2.54 bits per heavy atom. The number of fused-ring (bicyclic) bond motifs is 3. The van der Waals surface area contributed by atoms with E-state index in [1.54, 1.807) is 24.3 Å². The number of ether oxygens (including phenoxy) is 2. The van der Waals surface area contributed by atoms with Gasteiger partial charge < -0.3 is 30.1 Å². The zero-order valence-electron chi connectivity index (χ0n) is 19.3. The molecular formula is C27H27N3O5. The number of nitrogens with one attached hydrogen (secondary N) is 1. The summed E-state index contributed by atoms with van der Waals surface area (Å²) in [6, 6.07) is 18.7. The molecule has 8 heteroatoms. The highest BCUT2D eigenvalue weighted by Gasteiger charge is 2.76. The average molecular weight is 474 g/mol. The summed E-state index contributed by atoms with van der Waals surface area (Å²) in [4.78, 5) is 4.21. The van der Waals surface area contributed by atoms with Crippen molar-refractivity contribution in [1.29, 1.82) is 5.26 Å². The van der Waals surface area contributed by atoms with Gasteiger partial charge in [0.15, 0.2) is 11.2 Å². The Morgan fingerprint density at radius 2 is 1.89 bits per heavy atom. The normalized spacial score (nSPS) is 28.6. The van der Waals surface area contributed by atoms with Crippen LogP contribution in [0.25, 0.3) is 0 Å². The van der Waals surface area contributed by atoms with Crippen molar-refractivity contribution in [2.24, 2.45) is 5.92 Å². The van der Waals surface area contributed by atoms with Crippen LogP contribution in [0.4, 0.5) is 0 Å². The minimum Gasteiger partial charge on any atom is -0.495 e. The molecule has 5 atom stereocenters. The molecule has 3 aromatic rings. The molecule has 0 spiro atoms. The zero-order chi connectivity index (χ0) is 24.6. The fourth-order valence-electron chi connectivity index (χ4n) is 5.90. The molecule has 2 heterocycles. The highest BCUT2D eigenvalue weighted by molar-refractivity contribution is 5.59. The van der Waals surface area contributed by atoms with Gasteiger partial charge >= 0.3 is 0 Å². The van der Waals surface area contributed by atoms with Gasteiger partial charge in [-0.15, -0.1) is 0 Å². The Labute approximate surface area is 203 Å². The van der Waals surface area contributed by atoms with E-state index >= 15 is 0 Å². The molecule has 8 nitrogen and oxygen atoms in total. The first kappa shape index (κ1) is 23.3. The fraction of sp³-hybridized carbons (Fsp3) is 0.333. The first-order valence-electron chi connectivity index (χ1n) is 11.5. The highest BCUT2D eigenvalue weighted by Crippen LogP contribution is 2.69. The molecule has 4 N–H and O–H groups in total. The van der Waals surface area contributed by atoms with Crippen molar-refractivity contribution >= 4 is 0 Å². The first-order valence-corrected chi connectivity index (χ1v) is 11.5. The van der Waals surface area contributed by atoms with Gasteiger partial charge in [0.2, 0.25) is 0 Å². The van der Waals surface area contributed by atoms with Gasteiger partial charge in [0, 0.05) is 24.9 Å². The van der Waals surface area contributed by atoms with Crippen LogP contribution in [0.15, 0.2) is 67.0 Å². The fourth-order valence-corrected chi connectivity index (χ4v) is 5.90. The van der Waals surface area contributed by atoms with Crippen molar-refractivity contribution in [3.05, 3.63) is 89.2 Å². The average Bonchev–Trinajstić information content (AvgIpc) is 3.28. The van der Waals surface area contributed by atoms with E-state index in [-0.39, 0.29) is 6.61 Å². The minimum atomic E-state index is -1.89. The van der Waals surface area contributed by atoms with E-state index in [2.05, 4.69) is 16.4 Å². The van der Waals surface area contributed by atoms with Gasteiger partial charge in [-0.1, -0.05) is 42.5 Å². The first-order chi connectivity index (χ1) is 17.0. The molecule has 0 radical (unpaired) electrons. The van der Waals surface area contributed by atoms with Gasteiger partial charge in [-0.2, -0.15) is 5.26 Å². The van der Waals surface area contributed by atoms with Gasteiger partial charge in [0.1, 0.15) is 11.5 Å². The van der Waals surface area contributed by atoms with Crippen LogP contribution in [0.1, 0.15) is 28.2 Å². The van der Waals surface area contributed by atoms with E-state index in [0.29, 0.717) is 41.3 Å². The number of nitriles is 1. The Balaban J connectivity index is 1.80. The van der Waals surface area contributed by atoms with Gasteiger partial charge in [0.25, 0.3) is 0 Å². The van der Waals surface area contributed by atoms with E-state index in [4.69, 9.17) is 9.47 Å². The van der Waals surface area contributed by atoms with Crippen molar-refractivity contribution in [3.8, 4) is 17.6 Å². The smallest absolute Gasteiger partial charge is 0.177 e. The van der Waals surface area contributed by atoms with Crippen LogP contribution >= 0.6 is 0 Å². The van der Waals surface area contributed by atoms with Crippen LogP contribution < -0.4 is 14.8 Å². The predicted octanol–water partition coefficient (Wildman–Crippen LogP) is 1.79. The molecule has 1 aromatic heterocycles. The standard InChI is InChI=1S/C27H27N3O5/c1-34-21-15-30-16-22-24(21)26(33)25(32)20(14-29-11-12-31)23(18-5-3-2-4-6-18)27(26,35-22)19-9-7-17(13-28)8-10-19/h2-10,15-16,20,23,25,29,31-33H,11-12,14H2,1H3/t20?,23?,25-,26+,27+/m1/s1. The second-order valence-electron chi connectivity index (χ2n) is 8.93. The number of pyridine rings is 1. The van der Waals surface area contributed by atoms with Crippen molar-refractivity contribution in [2.45, 2.75) is 23.2 Å². The van der Waals surface area contributed by atoms with Crippen LogP contribution in [0, 0.1) is 17.2 Å². The molecule has 2 aromatic carbocycles. The van der Waals surface area contributed by atoms with Crippen molar-refractivity contribution in [3.63, 3.8) is 0 Å². The summed E-state index contributed by atoms with van der Waals surface area (Å²) in [5.74, 6) is -0.344. The number of methoxy groups -OCH3 is 1. The quantitative estimate of drug-likeness (QED) is 0.383. The Hall–Kier alpha value is -3.48. The lowest BCUT2D eigenvalue weighted by Crippen LogP contribution is -2.52.